The maximum absolute atomic E-state index is 5.82. The summed E-state index contributed by atoms with van der Waals surface area (Å²) in [6.45, 7) is 3.00. The summed E-state index contributed by atoms with van der Waals surface area (Å²) in [6, 6.07) is 5.92. The first-order valence-corrected chi connectivity index (χ1v) is 4.05. The van der Waals surface area contributed by atoms with Crippen LogP contribution in [0.15, 0.2) is 18.2 Å². The van der Waals surface area contributed by atoms with Crippen molar-refractivity contribution in [2.24, 2.45) is 0 Å². The van der Waals surface area contributed by atoms with E-state index in [1.54, 1.807) is 0 Å². The van der Waals surface area contributed by atoms with Gasteiger partial charge in [-0.2, -0.15) is 0 Å². The van der Waals surface area contributed by atoms with Gasteiger partial charge < -0.3 is 4.65 Å². The van der Waals surface area contributed by atoms with Gasteiger partial charge in [-0.25, -0.2) is 0 Å². The Morgan fingerprint density at radius 3 is 3.18 bits per heavy atom. The fourth-order valence-corrected chi connectivity index (χ4v) is 1.60. The van der Waals surface area contributed by atoms with E-state index < -0.39 is 0 Å². The quantitative estimate of drug-likeness (QED) is 0.533. The highest BCUT2D eigenvalue weighted by atomic mass is 35.5. The van der Waals surface area contributed by atoms with Crippen LogP contribution < -0.4 is 5.46 Å². The topological polar surface area (TPSA) is 9.23 Å². The summed E-state index contributed by atoms with van der Waals surface area (Å²) in [5.41, 5.74) is 2.50. The van der Waals surface area contributed by atoms with E-state index in [0.717, 1.165) is 5.02 Å². The van der Waals surface area contributed by atoms with Crippen molar-refractivity contribution in [1.82, 2.24) is 0 Å². The molecule has 0 fully saturated rings. The highest BCUT2D eigenvalue weighted by Crippen LogP contribution is 2.15. The van der Waals surface area contributed by atoms with E-state index in [9.17, 15) is 0 Å². The molecule has 11 heavy (non-hydrogen) atoms. The Labute approximate surface area is 71.4 Å². The van der Waals surface area contributed by atoms with E-state index in [2.05, 4.69) is 6.82 Å². The van der Waals surface area contributed by atoms with Crippen LogP contribution in [0.2, 0.25) is 11.8 Å². The number of halogens is 1. The highest BCUT2D eigenvalue weighted by Gasteiger charge is 2.22. The largest absolute Gasteiger partial charge is 0.427 e. The minimum atomic E-state index is 0.238. The molecular weight excluding hydrogens is 158 g/mol. The summed E-state index contributed by atoms with van der Waals surface area (Å²) < 4.78 is 5.42. The van der Waals surface area contributed by atoms with Crippen LogP contribution in [-0.4, -0.2) is 6.92 Å². The van der Waals surface area contributed by atoms with Crippen LogP contribution >= 0.6 is 11.6 Å². The zero-order valence-corrected chi connectivity index (χ0v) is 7.06. The van der Waals surface area contributed by atoms with E-state index in [4.69, 9.17) is 16.3 Å². The maximum atomic E-state index is 5.82. The molecule has 0 radical (unpaired) electrons. The lowest BCUT2D eigenvalue weighted by molar-refractivity contribution is 0.333. The van der Waals surface area contributed by atoms with Crippen LogP contribution in [0.25, 0.3) is 0 Å². The van der Waals surface area contributed by atoms with Gasteiger partial charge >= 0.3 is 6.92 Å². The normalized spacial score (nSPS) is 15.3. The molecule has 0 bridgehead atoms. The molecule has 1 heterocycles. The second kappa shape index (κ2) is 2.54. The summed E-state index contributed by atoms with van der Waals surface area (Å²) in [7, 11) is 0. The predicted molar refractivity (Wildman–Crippen MR) is 47.5 cm³/mol. The van der Waals surface area contributed by atoms with Gasteiger partial charge in [0.2, 0.25) is 0 Å². The molecule has 1 aromatic carbocycles. The van der Waals surface area contributed by atoms with Gasteiger partial charge in [-0.05, 0) is 23.2 Å². The number of hydrogen-bond acceptors (Lipinski definition) is 1. The molecule has 1 nitrogen and oxygen atoms in total. The SMILES string of the molecule is CB1OCc2cc(Cl)ccc21. The Bertz CT molecular complexity index is 287. The molecule has 0 amide bonds. The van der Waals surface area contributed by atoms with Gasteiger partial charge in [-0.3, -0.25) is 0 Å². The van der Waals surface area contributed by atoms with E-state index in [1.165, 1.54) is 11.0 Å². The Balaban J connectivity index is 2.50. The highest BCUT2D eigenvalue weighted by molar-refractivity contribution is 6.67. The lowest BCUT2D eigenvalue weighted by atomic mass is 9.64. The van der Waals surface area contributed by atoms with E-state index in [0.29, 0.717) is 6.61 Å². The van der Waals surface area contributed by atoms with E-state index in [-0.39, 0.29) is 6.92 Å². The molecule has 0 aliphatic carbocycles. The molecule has 0 spiro atoms. The third-order valence-electron chi connectivity index (χ3n) is 2.03. The van der Waals surface area contributed by atoms with Crippen LogP contribution in [0.4, 0.5) is 0 Å². The molecule has 0 unspecified atom stereocenters. The van der Waals surface area contributed by atoms with Crippen molar-refractivity contribution in [3.8, 4) is 0 Å². The average Bonchev–Trinajstić information content (AvgIpc) is 2.32. The Morgan fingerprint density at radius 2 is 2.36 bits per heavy atom. The summed E-state index contributed by atoms with van der Waals surface area (Å²) in [6.07, 6.45) is 0. The summed E-state index contributed by atoms with van der Waals surface area (Å²) in [5, 5.41) is 0.793. The summed E-state index contributed by atoms with van der Waals surface area (Å²) >= 11 is 5.82. The van der Waals surface area contributed by atoms with Gasteiger partial charge in [0.15, 0.2) is 0 Å². The molecule has 0 aromatic heterocycles. The third-order valence-corrected chi connectivity index (χ3v) is 2.27. The fraction of sp³-hybridized carbons (Fsp3) is 0.250. The Hall–Kier alpha value is -0.465. The first-order valence-electron chi connectivity index (χ1n) is 3.67. The molecule has 0 saturated carbocycles. The number of rotatable bonds is 0. The van der Waals surface area contributed by atoms with Crippen LogP contribution in [0.1, 0.15) is 5.56 Å². The fourth-order valence-electron chi connectivity index (χ4n) is 1.40. The van der Waals surface area contributed by atoms with Crippen LogP contribution in [0.3, 0.4) is 0 Å². The molecule has 0 saturated heterocycles. The minimum Gasteiger partial charge on any atom is -0.427 e. The van der Waals surface area contributed by atoms with Crippen molar-refractivity contribution >= 4 is 24.0 Å². The second-order valence-electron chi connectivity index (χ2n) is 2.80. The van der Waals surface area contributed by atoms with Crippen molar-refractivity contribution in [3.63, 3.8) is 0 Å². The van der Waals surface area contributed by atoms with Crippen molar-refractivity contribution in [3.05, 3.63) is 28.8 Å². The zero-order valence-electron chi connectivity index (χ0n) is 6.30. The zero-order chi connectivity index (χ0) is 7.84. The second-order valence-corrected chi connectivity index (χ2v) is 3.23. The molecule has 1 aliphatic rings. The molecule has 0 atom stereocenters. The van der Waals surface area contributed by atoms with Crippen molar-refractivity contribution < 1.29 is 4.65 Å². The maximum Gasteiger partial charge on any atom is 0.324 e. The lowest BCUT2D eigenvalue weighted by Crippen LogP contribution is -2.23. The first kappa shape index (κ1) is 7.20. The molecule has 1 aromatic rings. The molecule has 1 aliphatic heterocycles. The Morgan fingerprint density at radius 1 is 1.55 bits per heavy atom. The molecule has 2 rings (SSSR count). The number of benzene rings is 1. The molecule has 3 heteroatoms. The van der Waals surface area contributed by atoms with Crippen LogP contribution in [-0.2, 0) is 11.3 Å². The summed E-state index contributed by atoms with van der Waals surface area (Å²) in [5.74, 6) is 0. The van der Waals surface area contributed by atoms with Gasteiger partial charge in [0.25, 0.3) is 0 Å². The van der Waals surface area contributed by atoms with Gasteiger partial charge in [-0.1, -0.05) is 24.5 Å². The van der Waals surface area contributed by atoms with Crippen molar-refractivity contribution in [2.45, 2.75) is 13.4 Å². The third kappa shape index (κ3) is 1.17. The molecular formula is C8H8BClO. The Kier molecular flexibility index (Phi) is 1.66. The molecule has 0 N–H and O–H groups in total. The van der Waals surface area contributed by atoms with Crippen LogP contribution in [0, 0.1) is 0 Å². The molecule has 56 valence electrons. The van der Waals surface area contributed by atoms with Gasteiger partial charge in [-0.15, -0.1) is 0 Å². The van der Waals surface area contributed by atoms with E-state index in [1.807, 2.05) is 18.2 Å². The standard InChI is InChI=1S/C8H8BClO/c1-9-8-3-2-7(10)4-6(8)5-11-9/h2-4H,5H2,1H3. The number of fused-ring (bicyclic) bond motifs is 1. The van der Waals surface area contributed by atoms with Gasteiger partial charge in [0, 0.05) is 5.02 Å². The predicted octanol–water partition coefficient (Wildman–Crippen LogP) is 1.70. The smallest absolute Gasteiger partial charge is 0.324 e. The monoisotopic (exact) mass is 166 g/mol. The minimum absolute atomic E-state index is 0.238. The van der Waals surface area contributed by atoms with Gasteiger partial charge in [0.1, 0.15) is 0 Å². The van der Waals surface area contributed by atoms with Crippen molar-refractivity contribution in [1.29, 1.82) is 0 Å². The van der Waals surface area contributed by atoms with Crippen molar-refractivity contribution in [2.75, 3.05) is 0 Å². The first-order chi connectivity index (χ1) is 5.27. The van der Waals surface area contributed by atoms with Crippen LogP contribution in [0.5, 0.6) is 0 Å². The van der Waals surface area contributed by atoms with E-state index >= 15 is 0 Å². The number of hydrogen-bond donors (Lipinski definition) is 0. The van der Waals surface area contributed by atoms with Gasteiger partial charge in [0.05, 0.1) is 6.61 Å². The lowest BCUT2D eigenvalue weighted by Gasteiger charge is -1.97. The average molecular weight is 166 g/mol. The summed E-state index contributed by atoms with van der Waals surface area (Å²) in [4.78, 5) is 0.